The number of rotatable bonds is 4. The number of carbonyl (C=O) groups is 1. The van der Waals surface area contributed by atoms with Gasteiger partial charge < -0.3 is 9.80 Å². The zero-order valence-corrected chi connectivity index (χ0v) is 14.8. The highest BCUT2D eigenvalue weighted by Crippen LogP contribution is 2.15. The van der Waals surface area contributed by atoms with E-state index in [4.69, 9.17) is 0 Å². The second-order valence-electron chi connectivity index (χ2n) is 6.45. The van der Waals surface area contributed by atoms with E-state index in [9.17, 15) is 4.79 Å². The molecule has 0 aromatic heterocycles. The first-order chi connectivity index (χ1) is 10.1. The Labute approximate surface area is 131 Å². The van der Waals surface area contributed by atoms with E-state index in [-0.39, 0.29) is 0 Å². The van der Waals surface area contributed by atoms with Gasteiger partial charge in [0.15, 0.2) is 0 Å². The minimum Gasteiger partial charge on any atom is -0.340 e. The molecule has 2 aliphatic heterocycles. The second-order valence-corrected chi connectivity index (χ2v) is 6.45. The summed E-state index contributed by atoms with van der Waals surface area (Å²) in [5.74, 6) is 1.16. The van der Waals surface area contributed by atoms with E-state index in [1.807, 2.05) is 13.8 Å². The van der Waals surface area contributed by atoms with Crippen LogP contribution in [-0.4, -0.2) is 72.5 Å². The van der Waals surface area contributed by atoms with Gasteiger partial charge in [0.2, 0.25) is 5.91 Å². The molecule has 1 atom stereocenters. The summed E-state index contributed by atoms with van der Waals surface area (Å²) < 4.78 is 0. The molecule has 4 heteroatoms. The average Bonchev–Trinajstić information content (AvgIpc) is 2.92. The van der Waals surface area contributed by atoms with Gasteiger partial charge in [-0.15, -0.1) is 0 Å². The van der Waals surface area contributed by atoms with Crippen LogP contribution in [0, 0.1) is 5.92 Å². The third kappa shape index (κ3) is 5.95. The highest BCUT2D eigenvalue weighted by atomic mass is 16.2. The molecule has 0 aromatic carbocycles. The summed E-state index contributed by atoms with van der Waals surface area (Å²) in [7, 11) is 0. The molecule has 1 unspecified atom stereocenters. The van der Waals surface area contributed by atoms with Crippen LogP contribution in [0.1, 0.15) is 47.5 Å². The lowest BCUT2D eigenvalue weighted by Gasteiger charge is -2.37. The van der Waals surface area contributed by atoms with Crippen molar-refractivity contribution in [3.63, 3.8) is 0 Å². The predicted molar refractivity (Wildman–Crippen MR) is 89.5 cm³/mol. The van der Waals surface area contributed by atoms with Crippen molar-refractivity contribution in [1.29, 1.82) is 0 Å². The lowest BCUT2D eigenvalue weighted by Crippen LogP contribution is -2.51. The highest BCUT2D eigenvalue weighted by Gasteiger charge is 2.24. The lowest BCUT2D eigenvalue weighted by molar-refractivity contribution is -0.133. The fourth-order valence-electron chi connectivity index (χ4n) is 3.13. The first-order valence-corrected chi connectivity index (χ1v) is 8.80. The van der Waals surface area contributed by atoms with Crippen LogP contribution >= 0.6 is 0 Å². The molecule has 0 saturated carbocycles. The van der Waals surface area contributed by atoms with Gasteiger partial charge in [-0.3, -0.25) is 9.69 Å². The van der Waals surface area contributed by atoms with E-state index < -0.39 is 0 Å². The van der Waals surface area contributed by atoms with Crippen LogP contribution in [0.15, 0.2) is 0 Å². The molecule has 2 fully saturated rings. The van der Waals surface area contributed by atoms with Crippen LogP contribution < -0.4 is 0 Å². The average molecular weight is 297 g/mol. The second kappa shape index (κ2) is 9.42. The zero-order chi connectivity index (χ0) is 15.8. The third-order valence-electron chi connectivity index (χ3n) is 4.55. The molecule has 0 N–H and O–H groups in total. The molecule has 2 heterocycles. The number of nitrogens with zero attached hydrogens (tertiary/aromatic N) is 3. The molecular formula is C17H35N3O. The van der Waals surface area contributed by atoms with Gasteiger partial charge in [-0.05, 0) is 32.7 Å². The van der Waals surface area contributed by atoms with Gasteiger partial charge >= 0.3 is 0 Å². The van der Waals surface area contributed by atoms with Crippen molar-refractivity contribution in [3.8, 4) is 0 Å². The largest absolute Gasteiger partial charge is 0.340 e. The number of hydrogen-bond donors (Lipinski definition) is 0. The molecule has 2 rings (SSSR count). The Morgan fingerprint density at radius 3 is 2.19 bits per heavy atom. The van der Waals surface area contributed by atoms with E-state index in [1.165, 1.54) is 19.5 Å². The first-order valence-electron chi connectivity index (χ1n) is 8.80. The summed E-state index contributed by atoms with van der Waals surface area (Å²) in [4.78, 5) is 19.1. The smallest absolute Gasteiger partial charge is 0.223 e. The predicted octanol–water partition coefficient (Wildman–Crippen LogP) is 2.30. The van der Waals surface area contributed by atoms with Crippen molar-refractivity contribution in [1.82, 2.24) is 14.7 Å². The summed E-state index contributed by atoms with van der Waals surface area (Å²) in [6.07, 6.45) is 2.00. The van der Waals surface area contributed by atoms with Crippen LogP contribution in [0.25, 0.3) is 0 Å². The van der Waals surface area contributed by atoms with E-state index in [0.717, 1.165) is 38.6 Å². The van der Waals surface area contributed by atoms with Crippen LogP contribution in [-0.2, 0) is 4.79 Å². The standard InChI is InChI=1S/C15H29N3O.C2H6/c1-13(2)17-8-10-18(11-9-17)15(19)5-7-16-6-4-14(3)12-16;1-2/h13-14H,4-12H2,1-3H3;1-2H3. The van der Waals surface area contributed by atoms with Gasteiger partial charge in [0.25, 0.3) is 0 Å². The van der Waals surface area contributed by atoms with Gasteiger partial charge in [-0.25, -0.2) is 0 Å². The van der Waals surface area contributed by atoms with Crippen LogP contribution in [0.2, 0.25) is 0 Å². The molecule has 0 aromatic rings. The van der Waals surface area contributed by atoms with E-state index in [2.05, 4.69) is 35.5 Å². The number of carbonyl (C=O) groups excluding carboxylic acids is 1. The SMILES string of the molecule is CC.CC1CCN(CCC(=O)N2CCN(C(C)C)CC2)C1. The quantitative estimate of drug-likeness (QED) is 0.796. The molecule has 0 radical (unpaired) electrons. The zero-order valence-electron chi connectivity index (χ0n) is 14.8. The summed E-state index contributed by atoms with van der Waals surface area (Å²) in [6.45, 7) is 17.9. The topological polar surface area (TPSA) is 26.8 Å². The van der Waals surface area contributed by atoms with Gasteiger partial charge in [-0.1, -0.05) is 20.8 Å². The Morgan fingerprint density at radius 1 is 1.10 bits per heavy atom. The van der Waals surface area contributed by atoms with Gasteiger partial charge in [0.1, 0.15) is 0 Å². The Bertz CT molecular complexity index is 298. The summed E-state index contributed by atoms with van der Waals surface area (Å²) in [5, 5.41) is 0. The maximum Gasteiger partial charge on any atom is 0.223 e. The molecule has 0 aliphatic carbocycles. The van der Waals surface area contributed by atoms with Crippen molar-refractivity contribution in [2.45, 2.75) is 53.5 Å². The van der Waals surface area contributed by atoms with Crippen molar-refractivity contribution in [3.05, 3.63) is 0 Å². The summed E-state index contributed by atoms with van der Waals surface area (Å²) in [6, 6.07) is 0.600. The Hall–Kier alpha value is -0.610. The molecule has 2 saturated heterocycles. The van der Waals surface area contributed by atoms with Gasteiger partial charge in [-0.2, -0.15) is 0 Å². The molecule has 0 spiro atoms. The van der Waals surface area contributed by atoms with Crippen molar-refractivity contribution >= 4 is 5.91 Å². The van der Waals surface area contributed by atoms with Gasteiger partial charge in [0.05, 0.1) is 0 Å². The lowest BCUT2D eigenvalue weighted by atomic mass is 10.2. The molecule has 0 bridgehead atoms. The Balaban J connectivity index is 0.00000106. The highest BCUT2D eigenvalue weighted by molar-refractivity contribution is 5.76. The summed E-state index contributed by atoms with van der Waals surface area (Å²) in [5.41, 5.74) is 0. The van der Waals surface area contributed by atoms with Crippen molar-refractivity contribution in [2.75, 3.05) is 45.8 Å². The molecular weight excluding hydrogens is 262 g/mol. The number of likely N-dealkylation sites (tertiary alicyclic amines) is 1. The fraction of sp³-hybridized carbons (Fsp3) is 0.941. The Kier molecular flexibility index (Phi) is 8.27. The summed E-state index contributed by atoms with van der Waals surface area (Å²) >= 11 is 0. The molecule has 124 valence electrons. The van der Waals surface area contributed by atoms with Crippen LogP contribution in [0.4, 0.5) is 0 Å². The number of amides is 1. The molecule has 4 nitrogen and oxygen atoms in total. The third-order valence-corrected chi connectivity index (χ3v) is 4.55. The normalized spacial score (nSPS) is 24.1. The van der Waals surface area contributed by atoms with E-state index >= 15 is 0 Å². The minimum atomic E-state index is 0.350. The number of piperazine rings is 1. The molecule has 2 aliphatic rings. The minimum absolute atomic E-state index is 0.350. The van der Waals surface area contributed by atoms with Gasteiger partial charge in [0, 0.05) is 51.7 Å². The molecule has 1 amide bonds. The van der Waals surface area contributed by atoms with Crippen molar-refractivity contribution < 1.29 is 4.79 Å². The fourth-order valence-corrected chi connectivity index (χ4v) is 3.13. The van der Waals surface area contributed by atoms with Crippen molar-refractivity contribution in [2.24, 2.45) is 5.92 Å². The maximum atomic E-state index is 12.2. The monoisotopic (exact) mass is 297 g/mol. The van der Waals surface area contributed by atoms with E-state index in [0.29, 0.717) is 18.4 Å². The van der Waals surface area contributed by atoms with E-state index in [1.54, 1.807) is 0 Å². The Morgan fingerprint density at radius 2 is 1.71 bits per heavy atom. The first kappa shape index (κ1) is 18.4. The number of hydrogen-bond acceptors (Lipinski definition) is 3. The van der Waals surface area contributed by atoms with Crippen LogP contribution in [0.3, 0.4) is 0 Å². The molecule has 21 heavy (non-hydrogen) atoms. The van der Waals surface area contributed by atoms with Crippen LogP contribution in [0.5, 0.6) is 0 Å². The maximum absolute atomic E-state index is 12.2.